The SMILES string of the molecule is O=C(N/N=C/c1cc([N+](=O)[O-])ccc1Cl)C(=O)Nc1ccc(Cl)cc1. The first kappa shape index (κ1) is 18.4. The molecule has 0 saturated carbocycles. The van der Waals surface area contributed by atoms with Crippen LogP contribution in [0.25, 0.3) is 0 Å². The number of halogens is 2. The predicted molar refractivity (Wildman–Crippen MR) is 93.9 cm³/mol. The maximum Gasteiger partial charge on any atom is 0.329 e. The maximum absolute atomic E-state index is 11.7. The highest BCUT2D eigenvalue weighted by Gasteiger charge is 2.13. The Morgan fingerprint density at radius 3 is 2.40 bits per heavy atom. The molecule has 0 aliphatic carbocycles. The Hall–Kier alpha value is -2.97. The van der Waals surface area contributed by atoms with Crippen LogP contribution in [0, 0.1) is 10.1 Å². The molecular weight excluding hydrogens is 371 g/mol. The van der Waals surface area contributed by atoms with Gasteiger partial charge >= 0.3 is 11.8 Å². The number of benzene rings is 2. The maximum atomic E-state index is 11.7. The fourth-order valence-corrected chi connectivity index (χ4v) is 1.97. The van der Waals surface area contributed by atoms with Crippen molar-refractivity contribution in [1.29, 1.82) is 0 Å². The lowest BCUT2D eigenvalue weighted by molar-refractivity contribution is -0.384. The van der Waals surface area contributed by atoms with Crippen LogP contribution in [-0.2, 0) is 9.59 Å². The van der Waals surface area contributed by atoms with E-state index in [0.29, 0.717) is 10.7 Å². The monoisotopic (exact) mass is 380 g/mol. The van der Waals surface area contributed by atoms with Gasteiger partial charge in [0, 0.05) is 33.4 Å². The number of anilines is 1. The number of nitro benzene ring substituents is 1. The number of hydrogen-bond donors (Lipinski definition) is 2. The van der Waals surface area contributed by atoms with Crippen molar-refractivity contribution < 1.29 is 14.5 Å². The molecule has 0 bridgehead atoms. The van der Waals surface area contributed by atoms with Crippen LogP contribution < -0.4 is 10.7 Å². The van der Waals surface area contributed by atoms with Gasteiger partial charge in [0.05, 0.1) is 11.1 Å². The molecule has 2 N–H and O–H groups in total. The molecule has 0 aromatic heterocycles. The molecule has 0 fully saturated rings. The fraction of sp³-hybridized carbons (Fsp3) is 0. The Morgan fingerprint density at radius 1 is 1.08 bits per heavy atom. The molecule has 10 heteroatoms. The predicted octanol–water partition coefficient (Wildman–Crippen LogP) is 2.99. The second kappa shape index (κ2) is 8.22. The summed E-state index contributed by atoms with van der Waals surface area (Å²) in [6.45, 7) is 0. The average Bonchev–Trinajstić information content (AvgIpc) is 2.58. The zero-order valence-electron chi connectivity index (χ0n) is 12.4. The summed E-state index contributed by atoms with van der Waals surface area (Å²) in [4.78, 5) is 33.5. The highest BCUT2D eigenvalue weighted by molar-refractivity contribution is 6.39. The smallest absolute Gasteiger partial charge is 0.318 e. The second-order valence-electron chi connectivity index (χ2n) is 4.62. The van der Waals surface area contributed by atoms with Crippen molar-refractivity contribution in [3.63, 3.8) is 0 Å². The number of carbonyl (C=O) groups excluding carboxylic acids is 2. The Bertz CT molecular complexity index is 853. The van der Waals surface area contributed by atoms with Gasteiger partial charge in [-0.3, -0.25) is 19.7 Å². The molecule has 2 aromatic rings. The van der Waals surface area contributed by atoms with Gasteiger partial charge in [0.25, 0.3) is 5.69 Å². The number of nitrogens with one attached hydrogen (secondary N) is 2. The van der Waals surface area contributed by atoms with E-state index in [2.05, 4.69) is 10.4 Å². The zero-order chi connectivity index (χ0) is 18.4. The summed E-state index contributed by atoms with van der Waals surface area (Å²) in [5, 5.41) is 17.3. The molecule has 0 radical (unpaired) electrons. The molecule has 0 atom stereocenters. The van der Waals surface area contributed by atoms with Crippen LogP contribution in [0.1, 0.15) is 5.56 Å². The number of carbonyl (C=O) groups is 2. The minimum absolute atomic E-state index is 0.183. The van der Waals surface area contributed by atoms with Gasteiger partial charge in [-0.1, -0.05) is 23.2 Å². The van der Waals surface area contributed by atoms with Crippen LogP contribution in [0.3, 0.4) is 0 Å². The highest BCUT2D eigenvalue weighted by Crippen LogP contribution is 2.20. The van der Waals surface area contributed by atoms with E-state index in [1.165, 1.54) is 30.3 Å². The van der Waals surface area contributed by atoms with Crippen molar-refractivity contribution in [3.8, 4) is 0 Å². The van der Waals surface area contributed by atoms with Crippen LogP contribution in [0.15, 0.2) is 47.6 Å². The summed E-state index contributed by atoms with van der Waals surface area (Å²) in [6, 6.07) is 9.91. The average molecular weight is 381 g/mol. The van der Waals surface area contributed by atoms with Crippen molar-refractivity contribution in [2.24, 2.45) is 5.10 Å². The van der Waals surface area contributed by atoms with Crippen molar-refractivity contribution in [2.45, 2.75) is 0 Å². The van der Waals surface area contributed by atoms with Gasteiger partial charge in [-0.05, 0) is 30.3 Å². The van der Waals surface area contributed by atoms with Crippen LogP contribution in [0.5, 0.6) is 0 Å². The molecule has 2 rings (SSSR count). The van der Waals surface area contributed by atoms with Gasteiger partial charge < -0.3 is 5.32 Å². The zero-order valence-corrected chi connectivity index (χ0v) is 13.9. The van der Waals surface area contributed by atoms with E-state index < -0.39 is 16.7 Å². The van der Waals surface area contributed by atoms with Crippen molar-refractivity contribution in [1.82, 2.24) is 5.43 Å². The van der Waals surface area contributed by atoms with Gasteiger partial charge in [-0.15, -0.1) is 0 Å². The number of rotatable bonds is 4. The summed E-state index contributed by atoms with van der Waals surface area (Å²) in [5.41, 5.74) is 2.42. The summed E-state index contributed by atoms with van der Waals surface area (Å²) >= 11 is 11.6. The van der Waals surface area contributed by atoms with E-state index in [-0.39, 0.29) is 16.3 Å². The van der Waals surface area contributed by atoms with E-state index in [1.807, 2.05) is 5.43 Å². The largest absolute Gasteiger partial charge is 0.329 e. The standard InChI is InChI=1S/C15H10Cl2N4O4/c16-10-1-3-11(4-2-10)19-14(22)15(23)20-18-8-9-7-12(21(24)25)5-6-13(9)17/h1-8H,(H,19,22)(H,20,23)/b18-8+. The summed E-state index contributed by atoms with van der Waals surface area (Å²) in [5.74, 6) is -1.96. The van der Waals surface area contributed by atoms with E-state index in [4.69, 9.17) is 23.2 Å². The van der Waals surface area contributed by atoms with Crippen molar-refractivity contribution in [3.05, 3.63) is 68.2 Å². The lowest BCUT2D eigenvalue weighted by atomic mass is 10.2. The van der Waals surface area contributed by atoms with Crippen molar-refractivity contribution in [2.75, 3.05) is 5.32 Å². The Morgan fingerprint density at radius 2 is 1.76 bits per heavy atom. The molecule has 0 saturated heterocycles. The summed E-state index contributed by atoms with van der Waals surface area (Å²) < 4.78 is 0. The number of non-ortho nitro benzene ring substituents is 1. The van der Waals surface area contributed by atoms with Crippen LogP contribution in [0.2, 0.25) is 10.0 Å². The van der Waals surface area contributed by atoms with Crippen molar-refractivity contribution >= 4 is 52.6 Å². The summed E-state index contributed by atoms with van der Waals surface area (Å²) in [7, 11) is 0. The number of nitro groups is 1. The molecule has 8 nitrogen and oxygen atoms in total. The van der Waals surface area contributed by atoms with E-state index in [0.717, 1.165) is 6.21 Å². The number of nitrogens with zero attached hydrogens (tertiary/aromatic N) is 2. The Labute approximate surface area is 151 Å². The van der Waals surface area contributed by atoms with Gasteiger partial charge in [0.15, 0.2) is 0 Å². The lowest BCUT2D eigenvalue weighted by Crippen LogP contribution is -2.32. The number of hydrazone groups is 1. The first-order chi connectivity index (χ1) is 11.9. The third-order valence-corrected chi connectivity index (χ3v) is 3.46. The van der Waals surface area contributed by atoms with Gasteiger partial charge in [-0.2, -0.15) is 5.10 Å². The molecule has 25 heavy (non-hydrogen) atoms. The van der Waals surface area contributed by atoms with Crippen LogP contribution >= 0.6 is 23.2 Å². The third kappa shape index (κ3) is 5.27. The van der Waals surface area contributed by atoms with E-state index in [1.54, 1.807) is 12.1 Å². The lowest BCUT2D eigenvalue weighted by Gasteiger charge is -2.03. The normalized spacial score (nSPS) is 10.5. The minimum Gasteiger partial charge on any atom is -0.318 e. The minimum atomic E-state index is -1.02. The van der Waals surface area contributed by atoms with Gasteiger partial charge in [-0.25, -0.2) is 5.43 Å². The fourth-order valence-electron chi connectivity index (χ4n) is 1.68. The Balaban J connectivity index is 1.98. The summed E-state index contributed by atoms with van der Waals surface area (Å²) in [6.07, 6.45) is 1.10. The first-order valence-electron chi connectivity index (χ1n) is 6.70. The molecule has 0 unspecified atom stereocenters. The molecule has 0 aliphatic rings. The van der Waals surface area contributed by atoms with Crippen LogP contribution in [0.4, 0.5) is 11.4 Å². The molecule has 0 spiro atoms. The topological polar surface area (TPSA) is 114 Å². The van der Waals surface area contributed by atoms with E-state index >= 15 is 0 Å². The third-order valence-electron chi connectivity index (χ3n) is 2.87. The first-order valence-corrected chi connectivity index (χ1v) is 7.46. The van der Waals surface area contributed by atoms with Crippen LogP contribution in [-0.4, -0.2) is 23.0 Å². The molecule has 0 aliphatic heterocycles. The molecule has 2 aromatic carbocycles. The quantitative estimate of drug-likeness (QED) is 0.367. The molecular formula is C15H10Cl2N4O4. The highest BCUT2D eigenvalue weighted by atomic mass is 35.5. The molecule has 0 heterocycles. The number of amides is 2. The molecule has 128 valence electrons. The van der Waals surface area contributed by atoms with Gasteiger partial charge in [0.1, 0.15) is 0 Å². The Kier molecular flexibility index (Phi) is 6.04. The van der Waals surface area contributed by atoms with E-state index in [9.17, 15) is 19.7 Å². The second-order valence-corrected chi connectivity index (χ2v) is 5.47. The van der Waals surface area contributed by atoms with Gasteiger partial charge in [0.2, 0.25) is 0 Å². The number of hydrogen-bond acceptors (Lipinski definition) is 5. The molecule has 2 amide bonds.